The molecule has 0 amide bonds. The topological polar surface area (TPSA) is 108 Å². The molecule has 0 saturated carbocycles. The molecule has 0 radical (unpaired) electrons. The Morgan fingerprint density at radius 2 is 2.00 bits per heavy atom. The molecule has 0 saturated heterocycles. The van der Waals surface area contributed by atoms with Gasteiger partial charge in [-0.2, -0.15) is 0 Å². The molecule has 0 bridgehead atoms. The minimum atomic E-state index is -0.124. The third-order valence-electron chi connectivity index (χ3n) is 5.18. The SMILES string of the molecule is CC#C/C(=N\OC[C@@H](C)N)c1ccc2ncnc(Nc3ccc(OCc4ccccn4)c(C)c3)c2c1. The predicted octanol–water partition coefficient (Wildman–Crippen LogP) is 4.75. The molecule has 0 aliphatic carbocycles. The van der Waals surface area contributed by atoms with E-state index in [9.17, 15) is 0 Å². The van der Waals surface area contributed by atoms with Gasteiger partial charge < -0.3 is 20.6 Å². The number of hydrogen-bond donors (Lipinski definition) is 2. The van der Waals surface area contributed by atoms with Crippen LogP contribution in [-0.4, -0.2) is 33.3 Å². The summed E-state index contributed by atoms with van der Waals surface area (Å²) in [7, 11) is 0. The van der Waals surface area contributed by atoms with Gasteiger partial charge in [0.1, 0.15) is 31.1 Å². The molecule has 2 aromatic carbocycles. The van der Waals surface area contributed by atoms with Crippen molar-refractivity contribution in [3.63, 3.8) is 0 Å². The molecule has 0 unspecified atom stereocenters. The van der Waals surface area contributed by atoms with Crippen LogP contribution in [0.4, 0.5) is 11.5 Å². The summed E-state index contributed by atoms with van der Waals surface area (Å²) < 4.78 is 5.95. The van der Waals surface area contributed by atoms with Gasteiger partial charge in [0, 0.05) is 28.9 Å². The van der Waals surface area contributed by atoms with E-state index in [0.717, 1.165) is 39.2 Å². The molecule has 182 valence electrons. The number of ether oxygens (including phenoxy) is 1. The largest absolute Gasteiger partial charge is 0.487 e. The average Bonchev–Trinajstić information content (AvgIpc) is 2.88. The normalized spacial score (nSPS) is 11.9. The minimum absolute atomic E-state index is 0.124. The number of benzene rings is 2. The van der Waals surface area contributed by atoms with Crippen molar-refractivity contribution in [3.8, 4) is 17.6 Å². The predicted molar refractivity (Wildman–Crippen MR) is 142 cm³/mol. The zero-order valence-corrected chi connectivity index (χ0v) is 20.5. The summed E-state index contributed by atoms with van der Waals surface area (Å²) in [6.45, 7) is 6.33. The quantitative estimate of drug-likeness (QED) is 0.202. The first-order valence-electron chi connectivity index (χ1n) is 11.6. The van der Waals surface area contributed by atoms with Gasteiger partial charge in [-0.1, -0.05) is 17.1 Å². The molecule has 2 aromatic heterocycles. The van der Waals surface area contributed by atoms with E-state index in [-0.39, 0.29) is 6.04 Å². The van der Waals surface area contributed by atoms with Crippen LogP contribution >= 0.6 is 0 Å². The Bertz CT molecular complexity index is 1420. The van der Waals surface area contributed by atoms with E-state index >= 15 is 0 Å². The number of nitrogens with one attached hydrogen (secondary N) is 1. The number of pyridine rings is 1. The molecular formula is C28H28N6O2. The summed E-state index contributed by atoms with van der Waals surface area (Å²) >= 11 is 0. The number of nitrogens with two attached hydrogens (primary N) is 1. The van der Waals surface area contributed by atoms with Gasteiger partial charge >= 0.3 is 0 Å². The molecule has 0 spiro atoms. The van der Waals surface area contributed by atoms with Crippen LogP contribution in [0.15, 0.2) is 72.3 Å². The third kappa shape index (κ3) is 6.34. The highest BCUT2D eigenvalue weighted by atomic mass is 16.6. The molecule has 4 aromatic rings. The van der Waals surface area contributed by atoms with Gasteiger partial charge in [0.2, 0.25) is 0 Å². The Kier molecular flexibility index (Phi) is 8.06. The van der Waals surface area contributed by atoms with Gasteiger partial charge in [-0.3, -0.25) is 4.98 Å². The minimum Gasteiger partial charge on any atom is -0.487 e. The van der Waals surface area contributed by atoms with Gasteiger partial charge in [0.05, 0.1) is 11.2 Å². The number of oxime groups is 1. The lowest BCUT2D eigenvalue weighted by molar-refractivity contribution is 0.134. The number of rotatable bonds is 9. The summed E-state index contributed by atoms with van der Waals surface area (Å²) in [5, 5.41) is 8.42. The van der Waals surface area contributed by atoms with Crippen molar-refractivity contribution in [1.82, 2.24) is 15.0 Å². The number of aromatic nitrogens is 3. The fourth-order valence-electron chi connectivity index (χ4n) is 3.45. The molecular weight excluding hydrogens is 452 g/mol. The zero-order chi connectivity index (χ0) is 25.3. The van der Waals surface area contributed by atoms with Gasteiger partial charge in [0.15, 0.2) is 5.71 Å². The molecule has 0 aliphatic heterocycles. The van der Waals surface area contributed by atoms with E-state index in [2.05, 4.69) is 37.3 Å². The summed E-state index contributed by atoms with van der Waals surface area (Å²) in [6, 6.07) is 17.3. The lowest BCUT2D eigenvalue weighted by Crippen LogP contribution is -2.20. The average molecular weight is 481 g/mol. The highest BCUT2D eigenvalue weighted by Crippen LogP contribution is 2.28. The summed E-state index contributed by atoms with van der Waals surface area (Å²) in [6.07, 6.45) is 3.29. The van der Waals surface area contributed by atoms with Gasteiger partial charge in [-0.15, -0.1) is 0 Å². The first-order chi connectivity index (χ1) is 17.5. The lowest BCUT2D eigenvalue weighted by Gasteiger charge is -2.13. The molecule has 0 fully saturated rings. The van der Waals surface area contributed by atoms with Crippen LogP contribution in [0.25, 0.3) is 10.9 Å². The van der Waals surface area contributed by atoms with Crippen molar-refractivity contribution in [2.75, 3.05) is 11.9 Å². The molecule has 0 aliphatic rings. The number of aryl methyl sites for hydroxylation is 1. The number of anilines is 2. The van der Waals surface area contributed by atoms with Gasteiger partial charge in [-0.05, 0) is 80.8 Å². The van der Waals surface area contributed by atoms with E-state index in [1.165, 1.54) is 6.33 Å². The van der Waals surface area contributed by atoms with Crippen LogP contribution in [0.3, 0.4) is 0 Å². The molecule has 1 atom stereocenters. The summed E-state index contributed by atoms with van der Waals surface area (Å²) in [4.78, 5) is 18.5. The maximum absolute atomic E-state index is 5.95. The monoisotopic (exact) mass is 480 g/mol. The van der Waals surface area contributed by atoms with Crippen molar-refractivity contribution in [2.45, 2.75) is 33.4 Å². The van der Waals surface area contributed by atoms with Crippen LogP contribution in [-0.2, 0) is 11.4 Å². The van der Waals surface area contributed by atoms with E-state index in [0.29, 0.717) is 24.7 Å². The van der Waals surface area contributed by atoms with Crippen LogP contribution in [0.2, 0.25) is 0 Å². The lowest BCUT2D eigenvalue weighted by atomic mass is 10.1. The van der Waals surface area contributed by atoms with E-state index < -0.39 is 0 Å². The zero-order valence-electron chi connectivity index (χ0n) is 20.5. The van der Waals surface area contributed by atoms with Crippen LogP contribution in [0.5, 0.6) is 5.75 Å². The van der Waals surface area contributed by atoms with Crippen molar-refractivity contribution >= 4 is 28.1 Å². The Balaban J connectivity index is 1.57. The smallest absolute Gasteiger partial charge is 0.159 e. The van der Waals surface area contributed by atoms with E-state index in [4.69, 9.17) is 15.3 Å². The number of nitrogens with zero attached hydrogens (tertiary/aromatic N) is 4. The Morgan fingerprint density at radius 3 is 2.75 bits per heavy atom. The van der Waals surface area contributed by atoms with Crippen LogP contribution in [0.1, 0.15) is 30.7 Å². The molecule has 2 heterocycles. The molecule has 3 N–H and O–H groups in total. The second kappa shape index (κ2) is 11.8. The van der Waals surface area contributed by atoms with Crippen molar-refractivity contribution < 1.29 is 9.57 Å². The Labute approximate surface area is 210 Å². The fraction of sp³-hybridized carbons (Fsp3) is 0.214. The first-order valence-corrected chi connectivity index (χ1v) is 11.6. The highest BCUT2D eigenvalue weighted by molar-refractivity contribution is 6.14. The number of fused-ring (bicyclic) bond motifs is 1. The second-order valence-corrected chi connectivity index (χ2v) is 8.26. The molecule has 8 nitrogen and oxygen atoms in total. The Morgan fingerprint density at radius 1 is 1.11 bits per heavy atom. The first kappa shape index (κ1) is 24.6. The molecule has 4 rings (SSSR count). The number of hydrogen-bond acceptors (Lipinski definition) is 8. The highest BCUT2D eigenvalue weighted by Gasteiger charge is 2.10. The maximum atomic E-state index is 5.95. The molecule has 36 heavy (non-hydrogen) atoms. The van der Waals surface area contributed by atoms with Crippen molar-refractivity contribution in [3.05, 3.63) is 83.9 Å². The third-order valence-corrected chi connectivity index (χ3v) is 5.18. The summed E-state index contributed by atoms with van der Waals surface area (Å²) in [5.41, 5.74) is 10.6. The second-order valence-electron chi connectivity index (χ2n) is 8.26. The standard InChI is InChI=1S/C28H28N6O2/c1-4-7-25(34-36-16-20(3)29)21-9-11-26-24(15-21)28(32-18-31-26)33-22-10-12-27(19(2)14-22)35-17-23-8-5-6-13-30-23/h5-6,8-15,18,20H,16-17,29H2,1-3H3,(H,31,32,33)/b34-25+/t20-/m1/s1. The Hall–Kier alpha value is -4.48. The van der Waals surface area contributed by atoms with Crippen molar-refractivity contribution in [1.29, 1.82) is 0 Å². The van der Waals surface area contributed by atoms with Gasteiger partial charge in [-0.25, -0.2) is 9.97 Å². The van der Waals surface area contributed by atoms with E-state index in [1.807, 2.05) is 68.4 Å². The van der Waals surface area contributed by atoms with Crippen molar-refractivity contribution in [2.24, 2.45) is 10.9 Å². The van der Waals surface area contributed by atoms with E-state index in [1.54, 1.807) is 13.1 Å². The maximum Gasteiger partial charge on any atom is 0.159 e. The fourth-order valence-corrected chi connectivity index (χ4v) is 3.45. The molecule has 8 heteroatoms. The van der Waals surface area contributed by atoms with Gasteiger partial charge in [0.25, 0.3) is 0 Å². The summed E-state index contributed by atoms with van der Waals surface area (Å²) in [5.74, 6) is 7.35. The van der Waals surface area contributed by atoms with Crippen LogP contribution in [0, 0.1) is 18.8 Å². The van der Waals surface area contributed by atoms with Crippen LogP contribution < -0.4 is 15.8 Å².